The van der Waals surface area contributed by atoms with Crippen molar-refractivity contribution in [1.29, 1.82) is 0 Å². The number of nitrogens with two attached hydrogens (primary N) is 1. The predicted molar refractivity (Wildman–Crippen MR) is 135 cm³/mol. The van der Waals surface area contributed by atoms with Gasteiger partial charge in [0.2, 0.25) is 12.3 Å². The van der Waals surface area contributed by atoms with E-state index in [1.165, 1.54) is 63.8 Å². The summed E-state index contributed by atoms with van der Waals surface area (Å²) in [5.74, 6) is -0.523. The normalized spacial score (nSPS) is 18.4. The molecule has 1 unspecified atom stereocenters. The molecule has 1 aromatic carbocycles. The van der Waals surface area contributed by atoms with Crippen molar-refractivity contribution in [1.82, 2.24) is 20.1 Å². The Kier molecular flexibility index (Phi) is 10.5. The molecule has 1 atom stereocenters. The van der Waals surface area contributed by atoms with Gasteiger partial charge in [0.25, 0.3) is 0 Å². The topological polar surface area (TPSA) is 91.6 Å². The van der Waals surface area contributed by atoms with E-state index in [0.717, 1.165) is 23.7 Å². The zero-order chi connectivity index (χ0) is 24.2. The Hall–Kier alpha value is -2.77. The van der Waals surface area contributed by atoms with Crippen molar-refractivity contribution in [3.05, 3.63) is 65.5 Å². The minimum atomic E-state index is -0.636. The summed E-state index contributed by atoms with van der Waals surface area (Å²) in [7, 11) is 0. The van der Waals surface area contributed by atoms with Crippen molar-refractivity contribution in [2.24, 2.45) is 5.73 Å². The average molecular weight is 466 g/mol. The first-order chi connectivity index (χ1) is 16.6. The molecule has 7 heteroatoms. The minimum absolute atomic E-state index is 0.431. The highest BCUT2D eigenvalue weighted by Gasteiger charge is 2.25. The van der Waals surface area contributed by atoms with Crippen molar-refractivity contribution < 1.29 is 9.59 Å². The van der Waals surface area contributed by atoms with Crippen molar-refractivity contribution in [3.8, 4) is 0 Å². The first kappa shape index (κ1) is 25.8. The highest BCUT2D eigenvalue weighted by molar-refractivity contribution is 5.82. The smallest absolute Gasteiger partial charge is 0.240 e. The molecule has 2 fully saturated rings. The van der Waals surface area contributed by atoms with E-state index in [1.807, 2.05) is 49.6 Å². The number of benzene rings is 1. The maximum atomic E-state index is 11.0. The number of primary amides is 1. The fourth-order valence-corrected chi connectivity index (χ4v) is 4.87. The Morgan fingerprint density at radius 3 is 2.47 bits per heavy atom. The molecule has 1 saturated heterocycles. The quantitative estimate of drug-likeness (QED) is 0.585. The lowest BCUT2D eigenvalue weighted by Crippen LogP contribution is -2.50. The molecule has 2 amide bonds. The zero-order valence-electron chi connectivity index (χ0n) is 20.4. The minimum Gasteiger partial charge on any atom is -0.368 e. The molecule has 34 heavy (non-hydrogen) atoms. The molecule has 1 aromatic heterocycles. The van der Waals surface area contributed by atoms with E-state index in [1.54, 1.807) is 0 Å². The molecule has 0 spiro atoms. The van der Waals surface area contributed by atoms with Gasteiger partial charge in [0, 0.05) is 57.6 Å². The average Bonchev–Trinajstić information content (AvgIpc) is 2.87. The second-order valence-electron chi connectivity index (χ2n) is 9.34. The summed E-state index contributed by atoms with van der Waals surface area (Å²) in [5.41, 5.74) is 8.59. The van der Waals surface area contributed by atoms with E-state index >= 15 is 0 Å². The summed E-state index contributed by atoms with van der Waals surface area (Å²) in [4.78, 5) is 30.8. The van der Waals surface area contributed by atoms with Gasteiger partial charge in [-0.05, 0) is 42.5 Å². The number of rotatable bonds is 8. The lowest BCUT2D eigenvalue weighted by Gasteiger charge is -2.40. The van der Waals surface area contributed by atoms with Gasteiger partial charge in [-0.1, -0.05) is 49.6 Å². The fraction of sp³-hybridized carbons (Fsp3) is 0.519. The number of amides is 2. The monoisotopic (exact) mass is 465 g/mol. The van der Waals surface area contributed by atoms with Crippen LogP contribution in [0, 0.1) is 6.92 Å². The second kappa shape index (κ2) is 13.8. The van der Waals surface area contributed by atoms with Crippen LogP contribution < -0.4 is 11.1 Å². The third-order valence-electron chi connectivity index (χ3n) is 6.92. The second-order valence-corrected chi connectivity index (χ2v) is 9.34. The SMILES string of the molecule is Cc1ccccc1CC(NC=O)C(N)=O.c1cncc(CN2CCN(C3CCCCC3)CC2)c1. The van der Waals surface area contributed by atoms with Gasteiger partial charge in [-0.15, -0.1) is 0 Å². The summed E-state index contributed by atoms with van der Waals surface area (Å²) in [6, 6.07) is 12.1. The molecule has 0 radical (unpaired) electrons. The number of aromatic nitrogens is 1. The van der Waals surface area contributed by atoms with Gasteiger partial charge in [0.1, 0.15) is 6.04 Å². The van der Waals surface area contributed by atoms with Crippen LogP contribution in [0.5, 0.6) is 0 Å². The van der Waals surface area contributed by atoms with E-state index in [0.29, 0.717) is 12.8 Å². The highest BCUT2D eigenvalue weighted by Crippen LogP contribution is 2.23. The Morgan fingerprint density at radius 1 is 1.12 bits per heavy atom. The highest BCUT2D eigenvalue weighted by atomic mass is 16.2. The van der Waals surface area contributed by atoms with Crippen LogP contribution >= 0.6 is 0 Å². The molecule has 1 saturated carbocycles. The number of carbonyl (C=O) groups excluding carboxylic acids is 2. The summed E-state index contributed by atoms with van der Waals surface area (Å²) >= 11 is 0. The molecular weight excluding hydrogens is 426 g/mol. The molecule has 2 heterocycles. The van der Waals surface area contributed by atoms with Gasteiger partial charge in [0.15, 0.2) is 0 Å². The Morgan fingerprint density at radius 2 is 1.85 bits per heavy atom. The van der Waals surface area contributed by atoms with Gasteiger partial charge < -0.3 is 11.1 Å². The van der Waals surface area contributed by atoms with Crippen molar-refractivity contribution in [2.45, 2.75) is 64.1 Å². The lowest BCUT2D eigenvalue weighted by atomic mass is 9.94. The molecular formula is C27H39N5O2. The number of hydrogen-bond donors (Lipinski definition) is 2. The number of piperazine rings is 1. The maximum Gasteiger partial charge on any atom is 0.240 e. The third kappa shape index (κ3) is 8.22. The van der Waals surface area contributed by atoms with E-state index in [-0.39, 0.29) is 0 Å². The molecule has 184 valence electrons. The Bertz CT molecular complexity index is 878. The predicted octanol–water partition coefficient (Wildman–Crippen LogP) is 2.67. The van der Waals surface area contributed by atoms with Crippen LogP contribution in [0.25, 0.3) is 0 Å². The standard InChI is InChI=1S/C16H25N3.C11H14N2O2/c1-2-6-16(7-3-1)19-11-9-18(10-12-19)14-15-5-4-8-17-13-15;1-8-4-2-3-5-9(8)6-10(11(12)15)13-7-14/h4-5,8,13,16H,1-3,6-7,9-12,14H2;2-5,7,10H,6H2,1H3,(H2,12,15)(H,13,14). The molecule has 4 rings (SSSR count). The van der Waals surface area contributed by atoms with Crippen molar-refractivity contribution >= 4 is 12.3 Å². The van der Waals surface area contributed by atoms with Crippen LogP contribution in [0.15, 0.2) is 48.8 Å². The van der Waals surface area contributed by atoms with Gasteiger partial charge in [-0.2, -0.15) is 0 Å². The number of carbonyl (C=O) groups is 2. The maximum absolute atomic E-state index is 11.0. The largest absolute Gasteiger partial charge is 0.368 e. The van der Waals surface area contributed by atoms with Crippen LogP contribution in [0.1, 0.15) is 48.8 Å². The van der Waals surface area contributed by atoms with Crippen LogP contribution in [0.2, 0.25) is 0 Å². The summed E-state index contributed by atoms with van der Waals surface area (Å²) < 4.78 is 0. The Balaban J connectivity index is 0.000000197. The number of aryl methyl sites for hydroxylation is 1. The summed E-state index contributed by atoms with van der Waals surface area (Å²) in [6.45, 7) is 7.95. The number of hydrogen-bond acceptors (Lipinski definition) is 5. The number of nitrogens with one attached hydrogen (secondary N) is 1. The summed E-state index contributed by atoms with van der Waals surface area (Å²) in [6.07, 6.45) is 12.0. The lowest BCUT2D eigenvalue weighted by molar-refractivity contribution is -0.122. The van der Waals surface area contributed by atoms with Gasteiger partial charge in [-0.3, -0.25) is 24.4 Å². The molecule has 2 aromatic rings. The van der Waals surface area contributed by atoms with E-state index < -0.39 is 11.9 Å². The van der Waals surface area contributed by atoms with Crippen molar-refractivity contribution in [2.75, 3.05) is 26.2 Å². The fourth-order valence-electron chi connectivity index (χ4n) is 4.87. The summed E-state index contributed by atoms with van der Waals surface area (Å²) in [5, 5.41) is 2.40. The molecule has 7 nitrogen and oxygen atoms in total. The van der Waals surface area contributed by atoms with Crippen molar-refractivity contribution in [3.63, 3.8) is 0 Å². The first-order valence-corrected chi connectivity index (χ1v) is 12.5. The Labute approximate surface area is 203 Å². The molecule has 3 N–H and O–H groups in total. The first-order valence-electron chi connectivity index (χ1n) is 12.5. The molecule has 1 aliphatic carbocycles. The van der Waals surface area contributed by atoms with E-state index in [2.05, 4.69) is 26.2 Å². The number of nitrogens with zero attached hydrogens (tertiary/aromatic N) is 3. The van der Waals surface area contributed by atoms with E-state index in [4.69, 9.17) is 5.73 Å². The number of pyridine rings is 1. The third-order valence-corrected chi connectivity index (χ3v) is 6.92. The van der Waals surface area contributed by atoms with E-state index in [9.17, 15) is 9.59 Å². The van der Waals surface area contributed by atoms with Gasteiger partial charge >= 0.3 is 0 Å². The van der Waals surface area contributed by atoms with Crippen LogP contribution in [-0.2, 0) is 22.6 Å². The molecule has 1 aliphatic heterocycles. The molecule has 0 bridgehead atoms. The van der Waals surface area contributed by atoms with Gasteiger partial charge in [-0.25, -0.2) is 0 Å². The zero-order valence-corrected chi connectivity index (χ0v) is 20.4. The van der Waals surface area contributed by atoms with Gasteiger partial charge in [0.05, 0.1) is 0 Å². The molecule has 2 aliphatic rings. The van der Waals surface area contributed by atoms with Crippen LogP contribution in [-0.4, -0.2) is 65.4 Å². The van der Waals surface area contributed by atoms with Crippen LogP contribution in [0.3, 0.4) is 0 Å². The van der Waals surface area contributed by atoms with Crippen LogP contribution in [0.4, 0.5) is 0 Å².